The van der Waals surface area contributed by atoms with Crippen LogP contribution in [0.15, 0.2) is 41.5 Å². The van der Waals surface area contributed by atoms with Gasteiger partial charge in [-0.1, -0.05) is 41.9 Å². The molecule has 1 amide bonds. The molecule has 1 aromatic heterocycles. The van der Waals surface area contributed by atoms with E-state index >= 15 is 0 Å². The van der Waals surface area contributed by atoms with Gasteiger partial charge >= 0.3 is 0 Å². The molecular weight excluding hydrogens is 332 g/mol. The minimum absolute atomic E-state index is 0.127. The second-order valence-corrected chi connectivity index (χ2v) is 6.46. The Morgan fingerprint density at radius 3 is 2.91 bits per heavy atom. The molecule has 1 aromatic carbocycles. The van der Waals surface area contributed by atoms with E-state index in [0.29, 0.717) is 22.1 Å². The Hall–Kier alpha value is -2.18. The van der Waals surface area contributed by atoms with Crippen LogP contribution >= 0.6 is 22.9 Å². The number of halogens is 1. The summed E-state index contributed by atoms with van der Waals surface area (Å²) in [5.74, 6) is -0.127. The molecule has 1 aliphatic rings. The number of amides is 1. The van der Waals surface area contributed by atoms with Gasteiger partial charge in [0.2, 0.25) is 0 Å². The van der Waals surface area contributed by atoms with Crippen LogP contribution in [-0.2, 0) is 6.54 Å². The van der Waals surface area contributed by atoms with Crippen molar-refractivity contribution in [3.05, 3.63) is 57.7 Å². The van der Waals surface area contributed by atoms with Gasteiger partial charge in [-0.25, -0.2) is 4.98 Å². The van der Waals surface area contributed by atoms with Crippen LogP contribution in [0, 0.1) is 6.92 Å². The summed E-state index contributed by atoms with van der Waals surface area (Å²) in [6, 6.07) is 9.79. The number of carbonyl (C=O) groups is 1. The molecule has 0 fully saturated rings. The van der Waals surface area contributed by atoms with Gasteiger partial charge in [0.1, 0.15) is 15.4 Å². The van der Waals surface area contributed by atoms with E-state index < -0.39 is 0 Å². The van der Waals surface area contributed by atoms with Crippen molar-refractivity contribution in [2.45, 2.75) is 19.0 Å². The SMILES string of the molecule is Cc1nc(C2=CN=CC(Cl)N2)sc1C(=O)NCc1ccccc1. The lowest BCUT2D eigenvalue weighted by molar-refractivity contribution is 0.0954. The van der Waals surface area contributed by atoms with Gasteiger partial charge < -0.3 is 10.6 Å². The molecule has 118 valence electrons. The van der Waals surface area contributed by atoms with Crippen molar-refractivity contribution in [2.24, 2.45) is 4.99 Å². The number of hydrogen-bond donors (Lipinski definition) is 2. The van der Waals surface area contributed by atoms with E-state index in [0.717, 1.165) is 11.3 Å². The lowest BCUT2D eigenvalue weighted by atomic mass is 10.2. The number of aryl methyl sites for hydroxylation is 1. The summed E-state index contributed by atoms with van der Waals surface area (Å²) in [5, 5.41) is 6.68. The summed E-state index contributed by atoms with van der Waals surface area (Å²) >= 11 is 7.31. The van der Waals surface area contributed by atoms with Crippen LogP contribution in [0.25, 0.3) is 5.70 Å². The monoisotopic (exact) mass is 346 g/mol. The Kier molecular flexibility index (Phi) is 4.73. The Labute approximate surface area is 143 Å². The van der Waals surface area contributed by atoms with Crippen molar-refractivity contribution in [3.8, 4) is 0 Å². The van der Waals surface area contributed by atoms with E-state index in [9.17, 15) is 4.79 Å². The maximum atomic E-state index is 12.4. The maximum absolute atomic E-state index is 12.4. The molecule has 1 aliphatic heterocycles. The van der Waals surface area contributed by atoms with Crippen LogP contribution in [0.5, 0.6) is 0 Å². The van der Waals surface area contributed by atoms with Crippen LogP contribution in [0.4, 0.5) is 0 Å². The Balaban J connectivity index is 1.72. The van der Waals surface area contributed by atoms with Gasteiger partial charge in [-0.3, -0.25) is 9.79 Å². The topological polar surface area (TPSA) is 66.4 Å². The van der Waals surface area contributed by atoms with E-state index in [2.05, 4.69) is 20.6 Å². The molecule has 0 saturated heterocycles. The third-order valence-electron chi connectivity index (χ3n) is 3.24. The first-order chi connectivity index (χ1) is 11.1. The average Bonchev–Trinajstić information content (AvgIpc) is 2.96. The molecule has 5 nitrogen and oxygen atoms in total. The standard InChI is InChI=1S/C16H15ClN4OS/c1-10-14(15(22)19-7-11-5-3-2-4-6-11)23-16(20-10)12-8-18-9-13(17)21-12/h2-6,8-9,13,21H,7H2,1H3,(H,19,22). The third kappa shape index (κ3) is 3.78. The van der Waals surface area contributed by atoms with Crippen LogP contribution in [0.2, 0.25) is 0 Å². The number of carbonyl (C=O) groups excluding carboxylic acids is 1. The van der Waals surface area contributed by atoms with Gasteiger partial charge in [0.15, 0.2) is 0 Å². The minimum Gasteiger partial charge on any atom is -0.361 e. The fourth-order valence-electron chi connectivity index (χ4n) is 2.11. The number of aliphatic imine (C=N–C) groups is 1. The molecule has 0 spiro atoms. The van der Waals surface area contributed by atoms with Gasteiger partial charge in [0, 0.05) is 12.8 Å². The number of thiazole rings is 1. The molecule has 0 aliphatic carbocycles. The summed E-state index contributed by atoms with van der Waals surface area (Å²) in [5.41, 5.74) is 2.11. The van der Waals surface area contributed by atoms with Crippen molar-refractivity contribution in [3.63, 3.8) is 0 Å². The van der Waals surface area contributed by atoms with E-state index in [1.165, 1.54) is 11.3 Å². The van der Waals surface area contributed by atoms with Gasteiger partial charge in [0.25, 0.3) is 5.91 Å². The molecule has 3 rings (SSSR count). The Morgan fingerprint density at radius 2 is 2.17 bits per heavy atom. The van der Waals surface area contributed by atoms with Crippen LogP contribution in [0.1, 0.15) is 25.9 Å². The zero-order chi connectivity index (χ0) is 16.2. The molecule has 2 N–H and O–H groups in total. The number of benzene rings is 1. The van der Waals surface area contributed by atoms with Crippen LogP contribution < -0.4 is 10.6 Å². The summed E-state index contributed by atoms with van der Waals surface area (Å²) in [4.78, 5) is 21.5. The predicted octanol–water partition coefficient (Wildman–Crippen LogP) is 2.92. The van der Waals surface area contributed by atoms with Gasteiger partial charge in [-0.05, 0) is 12.5 Å². The summed E-state index contributed by atoms with van der Waals surface area (Å²) < 4.78 is 0. The molecule has 0 bridgehead atoms. The molecule has 0 saturated carbocycles. The molecule has 2 heterocycles. The first-order valence-corrected chi connectivity index (χ1v) is 8.33. The highest BCUT2D eigenvalue weighted by atomic mass is 35.5. The number of nitrogens with one attached hydrogen (secondary N) is 2. The van der Waals surface area contributed by atoms with Gasteiger partial charge in [-0.2, -0.15) is 0 Å². The highest BCUT2D eigenvalue weighted by molar-refractivity contribution is 7.14. The first kappa shape index (κ1) is 15.7. The number of alkyl halides is 1. The molecule has 23 heavy (non-hydrogen) atoms. The molecule has 1 unspecified atom stereocenters. The van der Waals surface area contributed by atoms with Gasteiger partial charge in [0.05, 0.1) is 17.6 Å². The second-order valence-electron chi connectivity index (χ2n) is 4.99. The Morgan fingerprint density at radius 1 is 1.39 bits per heavy atom. The molecular formula is C16H15ClN4OS. The number of aromatic nitrogens is 1. The van der Waals surface area contributed by atoms with Crippen molar-refractivity contribution in [1.82, 2.24) is 15.6 Å². The highest BCUT2D eigenvalue weighted by Crippen LogP contribution is 2.24. The quantitative estimate of drug-likeness (QED) is 0.660. The third-order valence-corrected chi connectivity index (χ3v) is 4.65. The van der Waals surface area contributed by atoms with E-state index in [1.807, 2.05) is 37.3 Å². The van der Waals surface area contributed by atoms with Crippen molar-refractivity contribution >= 4 is 40.8 Å². The second kappa shape index (κ2) is 6.93. The normalized spacial score (nSPS) is 16.6. The summed E-state index contributed by atoms with van der Waals surface area (Å²) in [7, 11) is 0. The fraction of sp³-hybridized carbons (Fsp3) is 0.188. The van der Waals surface area contributed by atoms with Crippen molar-refractivity contribution in [2.75, 3.05) is 0 Å². The van der Waals surface area contributed by atoms with Crippen LogP contribution in [-0.4, -0.2) is 22.6 Å². The minimum atomic E-state index is -0.366. The predicted molar refractivity (Wildman–Crippen MR) is 93.7 cm³/mol. The van der Waals surface area contributed by atoms with Crippen molar-refractivity contribution in [1.29, 1.82) is 0 Å². The molecule has 2 aromatic rings. The molecule has 0 radical (unpaired) electrons. The smallest absolute Gasteiger partial charge is 0.263 e. The zero-order valence-electron chi connectivity index (χ0n) is 12.4. The fourth-order valence-corrected chi connectivity index (χ4v) is 3.25. The molecule has 1 atom stereocenters. The first-order valence-electron chi connectivity index (χ1n) is 7.07. The Bertz CT molecular complexity index is 770. The summed E-state index contributed by atoms with van der Waals surface area (Å²) in [6.07, 6.45) is 3.25. The van der Waals surface area contributed by atoms with E-state index in [4.69, 9.17) is 11.6 Å². The van der Waals surface area contributed by atoms with Gasteiger partial charge in [-0.15, -0.1) is 11.3 Å². The lowest BCUT2D eigenvalue weighted by Crippen LogP contribution is -2.25. The van der Waals surface area contributed by atoms with Crippen LogP contribution in [0.3, 0.4) is 0 Å². The average molecular weight is 347 g/mol. The molecule has 7 heteroatoms. The number of rotatable bonds is 4. The summed E-state index contributed by atoms with van der Waals surface area (Å²) in [6.45, 7) is 2.31. The number of hydrogen-bond acceptors (Lipinski definition) is 5. The lowest BCUT2D eigenvalue weighted by Gasteiger charge is -2.13. The largest absolute Gasteiger partial charge is 0.361 e. The van der Waals surface area contributed by atoms with E-state index in [1.54, 1.807) is 12.4 Å². The number of nitrogens with zero attached hydrogens (tertiary/aromatic N) is 2. The maximum Gasteiger partial charge on any atom is 0.263 e. The van der Waals surface area contributed by atoms with Crippen molar-refractivity contribution < 1.29 is 4.79 Å². The zero-order valence-corrected chi connectivity index (χ0v) is 14.0. The van der Waals surface area contributed by atoms with E-state index in [-0.39, 0.29) is 11.4 Å². The highest BCUT2D eigenvalue weighted by Gasteiger charge is 2.19.